The van der Waals surface area contributed by atoms with Crippen molar-refractivity contribution in [3.8, 4) is 0 Å². The third kappa shape index (κ3) is 3.38. The quantitative estimate of drug-likeness (QED) is 0.620. The second kappa shape index (κ2) is 5.94. The molecule has 2 rings (SSSR count). The minimum Gasteiger partial charge on any atom is -0.468 e. The van der Waals surface area contributed by atoms with Crippen molar-refractivity contribution in [3.63, 3.8) is 0 Å². The van der Waals surface area contributed by atoms with E-state index in [0.29, 0.717) is 11.4 Å². The van der Waals surface area contributed by atoms with E-state index in [1.54, 1.807) is 19.2 Å². The lowest BCUT2D eigenvalue weighted by Crippen LogP contribution is -2.24. The van der Waals surface area contributed by atoms with E-state index in [9.17, 15) is 18.5 Å². The second-order valence-corrected chi connectivity index (χ2v) is 5.83. The van der Waals surface area contributed by atoms with Crippen LogP contribution in [0.5, 0.6) is 0 Å². The number of nitro groups is 1. The van der Waals surface area contributed by atoms with Crippen LogP contribution < -0.4 is 10.0 Å². The smallest absolute Gasteiger partial charge is 0.289 e. The molecule has 0 aliphatic rings. The van der Waals surface area contributed by atoms with Crippen molar-refractivity contribution in [2.24, 2.45) is 0 Å². The van der Waals surface area contributed by atoms with Crippen molar-refractivity contribution in [2.45, 2.75) is 11.4 Å². The van der Waals surface area contributed by atoms with Gasteiger partial charge in [0, 0.05) is 18.8 Å². The predicted molar refractivity (Wildman–Crippen MR) is 75.4 cm³/mol. The number of hydrogen-bond acceptors (Lipinski definition) is 6. The number of nitro benzene ring substituents is 1. The fourth-order valence-corrected chi connectivity index (χ4v) is 2.88. The minimum absolute atomic E-state index is 0.0870. The highest BCUT2D eigenvalue weighted by Gasteiger charge is 2.26. The van der Waals surface area contributed by atoms with Crippen LogP contribution in [0.1, 0.15) is 5.76 Å². The molecule has 8 nitrogen and oxygen atoms in total. The van der Waals surface area contributed by atoms with Crippen LogP contribution in [-0.2, 0) is 16.6 Å². The molecule has 1 heterocycles. The molecule has 2 N–H and O–H groups in total. The van der Waals surface area contributed by atoms with E-state index < -0.39 is 25.5 Å². The molecule has 0 saturated carbocycles. The zero-order valence-electron chi connectivity index (χ0n) is 11.1. The van der Waals surface area contributed by atoms with Crippen LogP contribution in [0.15, 0.2) is 45.9 Å². The molecule has 0 atom stereocenters. The number of hydrogen-bond donors (Lipinski definition) is 2. The Hall–Kier alpha value is -2.39. The van der Waals surface area contributed by atoms with Gasteiger partial charge in [-0.2, -0.15) is 0 Å². The van der Waals surface area contributed by atoms with Gasteiger partial charge in [0.15, 0.2) is 4.90 Å². The molecule has 0 bridgehead atoms. The van der Waals surface area contributed by atoms with Gasteiger partial charge in [0.05, 0.1) is 17.7 Å². The lowest BCUT2D eigenvalue weighted by atomic mass is 10.3. The van der Waals surface area contributed by atoms with E-state index >= 15 is 0 Å². The van der Waals surface area contributed by atoms with Crippen molar-refractivity contribution in [3.05, 3.63) is 52.5 Å². The number of nitrogens with zero attached hydrogens (tertiary/aromatic N) is 1. The topological polar surface area (TPSA) is 114 Å². The number of nitrogens with one attached hydrogen (secondary N) is 2. The normalized spacial score (nSPS) is 11.3. The molecule has 0 fully saturated rings. The first-order chi connectivity index (χ1) is 9.94. The summed E-state index contributed by atoms with van der Waals surface area (Å²) in [5.41, 5.74) is -0.0279. The maximum Gasteiger partial charge on any atom is 0.289 e. The largest absolute Gasteiger partial charge is 0.468 e. The summed E-state index contributed by atoms with van der Waals surface area (Å²) < 4.78 is 31.8. The standard InChI is InChI=1S/C12H13N3O5S/c1-13-9-4-5-11(15(16)17)12(7-9)21(18,19)14-8-10-3-2-6-20-10/h2-7,13-14H,8H2,1H3. The zero-order valence-corrected chi connectivity index (χ0v) is 11.9. The van der Waals surface area contributed by atoms with Crippen molar-refractivity contribution >= 4 is 21.4 Å². The third-order valence-electron chi connectivity index (χ3n) is 2.75. The van der Waals surface area contributed by atoms with Crippen molar-refractivity contribution < 1.29 is 17.8 Å². The van der Waals surface area contributed by atoms with E-state index in [1.165, 1.54) is 18.4 Å². The molecule has 0 aliphatic heterocycles. The Morgan fingerprint density at radius 1 is 1.33 bits per heavy atom. The molecule has 0 saturated heterocycles. The van der Waals surface area contributed by atoms with E-state index in [-0.39, 0.29) is 6.54 Å². The maximum absolute atomic E-state index is 12.2. The zero-order chi connectivity index (χ0) is 15.5. The van der Waals surface area contributed by atoms with Crippen LogP contribution in [0.2, 0.25) is 0 Å². The van der Waals surface area contributed by atoms with Crippen molar-refractivity contribution in [1.82, 2.24) is 4.72 Å². The number of rotatable bonds is 6. The molecule has 0 unspecified atom stereocenters. The fourth-order valence-electron chi connectivity index (χ4n) is 1.69. The van der Waals surface area contributed by atoms with Gasteiger partial charge >= 0.3 is 0 Å². The van der Waals surface area contributed by atoms with Crippen LogP contribution in [0.25, 0.3) is 0 Å². The summed E-state index contributed by atoms with van der Waals surface area (Å²) in [7, 11) is -2.45. The molecular weight excluding hydrogens is 298 g/mol. The molecular formula is C12H13N3O5S. The summed E-state index contributed by atoms with van der Waals surface area (Å²) in [5, 5.41) is 13.7. The Morgan fingerprint density at radius 3 is 2.67 bits per heavy atom. The Morgan fingerprint density at radius 2 is 2.10 bits per heavy atom. The SMILES string of the molecule is CNc1ccc([N+](=O)[O-])c(S(=O)(=O)NCc2ccco2)c1. The van der Waals surface area contributed by atoms with Gasteiger partial charge in [-0.1, -0.05) is 0 Å². The van der Waals surface area contributed by atoms with Gasteiger partial charge in [-0.15, -0.1) is 0 Å². The molecule has 0 amide bonds. The summed E-state index contributed by atoms with van der Waals surface area (Å²) in [6.45, 7) is -0.0870. The summed E-state index contributed by atoms with van der Waals surface area (Å²) in [6.07, 6.45) is 1.41. The van der Waals surface area contributed by atoms with Crippen LogP contribution in [0.3, 0.4) is 0 Å². The highest BCUT2D eigenvalue weighted by molar-refractivity contribution is 7.89. The number of anilines is 1. The Bertz CT molecular complexity index is 740. The van der Waals surface area contributed by atoms with Gasteiger partial charge in [0.2, 0.25) is 10.0 Å². The first kappa shape index (κ1) is 15.0. The Kier molecular flexibility index (Phi) is 4.24. The van der Waals surface area contributed by atoms with Gasteiger partial charge in [-0.05, 0) is 24.3 Å². The minimum atomic E-state index is -4.04. The molecule has 0 radical (unpaired) electrons. The van der Waals surface area contributed by atoms with E-state index in [4.69, 9.17) is 4.42 Å². The van der Waals surface area contributed by atoms with E-state index in [1.807, 2.05) is 0 Å². The van der Waals surface area contributed by atoms with Crippen molar-refractivity contribution in [2.75, 3.05) is 12.4 Å². The predicted octanol–water partition coefficient (Wildman–Crippen LogP) is 1.71. The van der Waals surface area contributed by atoms with E-state index in [2.05, 4.69) is 10.0 Å². The average molecular weight is 311 g/mol. The van der Waals surface area contributed by atoms with Gasteiger partial charge in [-0.3, -0.25) is 10.1 Å². The molecule has 1 aromatic carbocycles. The Labute approximate surface area is 121 Å². The van der Waals surface area contributed by atoms with Crippen LogP contribution in [0.4, 0.5) is 11.4 Å². The highest BCUT2D eigenvalue weighted by atomic mass is 32.2. The molecule has 0 aliphatic carbocycles. The number of furan rings is 1. The second-order valence-electron chi connectivity index (χ2n) is 4.09. The van der Waals surface area contributed by atoms with Gasteiger partial charge in [0.1, 0.15) is 5.76 Å². The molecule has 0 spiro atoms. The fraction of sp³-hybridized carbons (Fsp3) is 0.167. The first-order valence-corrected chi connectivity index (χ1v) is 7.40. The lowest BCUT2D eigenvalue weighted by Gasteiger charge is -2.08. The summed E-state index contributed by atoms with van der Waals surface area (Å²) in [5.74, 6) is 0.408. The molecule has 112 valence electrons. The van der Waals surface area contributed by atoms with Crippen LogP contribution >= 0.6 is 0 Å². The van der Waals surface area contributed by atoms with Crippen LogP contribution in [0, 0.1) is 10.1 Å². The maximum atomic E-state index is 12.2. The molecule has 2 aromatic rings. The van der Waals surface area contributed by atoms with E-state index in [0.717, 1.165) is 6.07 Å². The molecule has 1 aromatic heterocycles. The first-order valence-electron chi connectivity index (χ1n) is 5.92. The molecule has 9 heteroatoms. The third-order valence-corrected chi connectivity index (χ3v) is 4.18. The van der Waals surface area contributed by atoms with Crippen molar-refractivity contribution in [1.29, 1.82) is 0 Å². The van der Waals surface area contributed by atoms with Crippen LogP contribution in [-0.4, -0.2) is 20.4 Å². The summed E-state index contributed by atoms with van der Waals surface area (Å²) in [6, 6.07) is 7.01. The Balaban J connectivity index is 2.35. The van der Waals surface area contributed by atoms with Gasteiger partial charge < -0.3 is 9.73 Å². The number of benzene rings is 1. The monoisotopic (exact) mass is 311 g/mol. The lowest BCUT2D eigenvalue weighted by molar-refractivity contribution is -0.387. The number of sulfonamides is 1. The molecule has 21 heavy (non-hydrogen) atoms. The summed E-state index contributed by atoms with van der Waals surface area (Å²) in [4.78, 5) is 9.84. The average Bonchev–Trinajstić information content (AvgIpc) is 2.98. The highest BCUT2D eigenvalue weighted by Crippen LogP contribution is 2.26. The van der Waals surface area contributed by atoms with Gasteiger partial charge in [-0.25, -0.2) is 13.1 Å². The summed E-state index contributed by atoms with van der Waals surface area (Å²) >= 11 is 0. The van der Waals surface area contributed by atoms with Gasteiger partial charge in [0.25, 0.3) is 5.69 Å².